The second kappa shape index (κ2) is 27.9. The second-order valence-corrected chi connectivity index (χ2v) is 11.5. The van der Waals surface area contributed by atoms with Crippen molar-refractivity contribution in [3.63, 3.8) is 0 Å². The Hall–Kier alpha value is -1.62. The first-order chi connectivity index (χ1) is 19.0. The van der Waals surface area contributed by atoms with E-state index < -0.39 is 11.9 Å². The summed E-state index contributed by atoms with van der Waals surface area (Å²) in [7, 11) is 0. The zero-order valence-corrected chi connectivity index (χ0v) is 25.7. The third kappa shape index (κ3) is 26.4. The lowest BCUT2D eigenvalue weighted by Gasteiger charge is -2.34. The Balaban J connectivity index is 5.03. The van der Waals surface area contributed by atoms with Crippen molar-refractivity contribution in [1.82, 2.24) is 5.32 Å². The van der Waals surface area contributed by atoms with Gasteiger partial charge in [0.05, 0.1) is 0 Å². The minimum atomic E-state index is -0.693. The van der Waals surface area contributed by atoms with Gasteiger partial charge in [-0.1, -0.05) is 115 Å². The predicted molar refractivity (Wildman–Crippen MR) is 166 cm³/mol. The van der Waals surface area contributed by atoms with Gasteiger partial charge in [-0.2, -0.15) is 0 Å². The van der Waals surface area contributed by atoms with E-state index in [1.807, 2.05) is 0 Å². The Bertz CT molecular complexity index is 605. The molecule has 39 heavy (non-hydrogen) atoms. The lowest BCUT2D eigenvalue weighted by atomic mass is 9.84. The van der Waals surface area contributed by atoms with Gasteiger partial charge < -0.3 is 15.5 Å². The highest BCUT2D eigenvalue weighted by Gasteiger charge is 2.26. The summed E-state index contributed by atoms with van der Waals surface area (Å²) in [5, 5.41) is 21.7. The van der Waals surface area contributed by atoms with E-state index in [0.29, 0.717) is 0 Å². The Morgan fingerprint density at radius 3 is 1.49 bits per heavy atom. The maximum absolute atomic E-state index is 10.9. The zero-order valence-electron chi connectivity index (χ0n) is 25.7. The molecule has 0 radical (unpaired) electrons. The fraction of sp³-hybridized carbons (Fsp3) is 0.824. The summed E-state index contributed by atoms with van der Waals surface area (Å²) in [6.45, 7) is 5.50. The number of hydrogen-bond acceptors (Lipinski definition) is 3. The van der Waals surface area contributed by atoms with E-state index in [4.69, 9.17) is 10.2 Å². The van der Waals surface area contributed by atoms with Crippen LogP contribution >= 0.6 is 0 Å². The molecule has 228 valence electrons. The first-order valence-corrected chi connectivity index (χ1v) is 16.4. The first kappa shape index (κ1) is 37.4. The van der Waals surface area contributed by atoms with Gasteiger partial charge in [-0.15, -0.1) is 0 Å². The second-order valence-electron chi connectivity index (χ2n) is 11.5. The summed E-state index contributed by atoms with van der Waals surface area (Å²) in [6.07, 6.45) is 35.1. The van der Waals surface area contributed by atoms with Crippen LogP contribution in [0.1, 0.15) is 168 Å². The molecule has 5 nitrogen and oxygen atoms in total. The summed E-state index contributed by atoms with van der Waals surface area (Å²) < 4.78 is 0. The van der Waals surface area contributed by atoms with Gasteiger partial charge in [0.15, 0.2) is 0 Å². The molecule has 0 saturated carbocycles. The van der Waals surface area contributed by atoms with Crippen molar-refractivity contribution in [3.05, 3.63) is 24.3 Å². The predicted octanol–water partition coefficient (Wildman–Crippen LogP) is 10.00. The molecule has 5 heteroatoms. The number of allylic oxidation sites excluding steroid dienone is 2. The zero-order chi connectivity index (χ0) is 28.9. The van der Waals surface area contributed by atoms with Crippen LogP contribution < -0.4 is 5.32 Å². The molecule has 0 fully saturated rings. The van der Waals surface area contributed by atoms with E-state index in [-0.39, 0.29) is 18.4 Å². The van der Waals surface area contributed by atoms with Crippen molar-refractivity contribution >= 4 is 11.9 Å². The minimum absolute atomic E-state index is 0.0515. The molecule has 0 aliphatic heterocycles. The summed E-state index contributed by atoms with van der Waals surface area (Å²) >= 11 is 0. The van der Waals surface area contributed by atoms with E-state index >= 15 is 0 Å². The van der Waals surface area contributed by atoms with E-state index in [1.54, 1.807) is 0 Å². The summed E-state index contributed by atoms with van der Waals surface area (Å²) in [4.78, 5) is 21.6. The highest BCUT2D eigenvalue weighted by molar-refractivity contribution is 5.66. The van der Waals surface area contributed by atoms with E-state index in [1.165, 1.54) is 51.4 Å². The van der Waals surface area contributed by atoms with Gasteiger partial charge in [0.2, 0.25) is 0 Å². The van der Waals surface area contributed by atoms with Crippen LogP contribution in [0.2, 0.25) is 0 Å². The van der Waals surface area contributed by atoms with Crippen molar-refractivity contribution < 1.29 is 19.8 Å². The average Bonchev–Trinajstić information content (AvgIpc) is 2.90. The molecule has 0 atom stereocenters. The number of carbonyl (C=O) groups is 2. The highest BCUT2D eigenvalue weighted by Crippen LogP contribution is 2.26. The fourth-order valence-electron chi connectivity index (χ4n) is 5.13. The molecule has 0 bridgehead atoms. The SMILES string of the molecule is CCCCCCC=CCC(CC=CCCCCCC)(CCCCCCC(=O)O)NCCCCCCCC(=O)O. The Labute approximate surface area is 241 Å². The Kier molecular flexibility index (Phi) is 26.8. The van der Waals surface area contributed by atoms with Gasteiger partial charge in [-0.05, 0) is 70.8 Å². The van der Waals surface area contributed by atoms with Gasteiger partial charge in [0, 0.05) is 18.4 Å². The summed E-state index contributed by atoms with van der Waals surface area (Å²) in [5.74, 6) is -1.39. The van der Waals surface area contributed by atoms with Crippen LogP contribution in [0.25, 0.3) is 0 Å². The van der Waals surface area contributed by atoms with Crippen LogP contribution in [0.3, 0.4) is 0 Å². The topological polar surface area (TPSA) is 86.6 Å². The summed E-state index contributed by atoms with van der Waals surface area (Å²) in [5.41, 5.74) is 0.0515. The van der Waals surface area contributed by atoms with Crippen LogP contribution in [0.15, 0.2) is 24.3 Å². The quantitative estimate of drug-likeness (QED) is 0.0613. The van der Waals surface area contributed by atoms with Gasteiger partial charge in [-0.25, -0.2) is 0 Å². The van der Waals surface area contributed by atoms with Gasteiger partial charge in [0.25, 0.3) is 0 Å². The Morgan fingerprint density at radius 2 is 1.00 bits per heavy atom. The molecule has 0 heterocycles. The lowest BCUT2D eigenvalue weighted by Crippen LogP contribution is -2.45. The van der Waals surface area contributed by atoms with Crippen molar-refractivity contribution in [2.75, 3.05) is 6.54 Å². The third-order valence-electron chi connectivity index (χ3n) is 7.66. The molecule has 3 N–H and O–H groups in total. The molecule has 0 unspecified atom stereocenters. The normalized spacial score (nSPS) is 13.4. The number of unbranched alkanes of at least 4 members (excludes halogenated alkanes) is 15. The molecular weight excluding hydrogens is 486 g/mol. The maximum Gasteiger partial charge on any atom is 0.303 e. The molecule has 0 amide bonds. The Morgan fingerprint density at radius 1 is 0.564 bits per heavy atom. The number of carboxylic acid groups (broad SMARTS) is 2. The molecule has 0 saturated heterocycles. The van der Waals surface area contributed by atoms with Gasteiger partial charge >= 0.3 is 11.9 Å². The van der Waals surface area contributed by atoms with Crippen molar-refractivity contribution in [1.29, 1.82) is 0 Å². The van der Waals surface area contributed by atoms with Crippen molar-refractivity contribution in [2.24, 2.45) is 0 Å². The lowest BCUT2D eigenvalue weighted by molar-refractivity contribution is -0.138. The number of aliphatic carboxylic acids is 2. The van der Waals surface area contributed by atoms with Crippen LogP contribution in [0.5, 0.6) is 0 Å². The highest BCUT2D eigenvalue weighted by atomic mass is 16.4. The maximum atomic E-state index is 10.9. The van der Waals surface area contributed by atoms with Crippen LogP contribution in [0, 0.1) is 0 Å². The molecule has 0 aromatic heterocycles. The standard InChI is InChI=1S/C34H63NO4/c1-3-5-7-9-11-16-22-28-34(29-23-17-12-10-8-6-4-2,30-24-18-15-21-27-33(38)39)35-31-25-19-13-14-20-26-32(36)37/h16-17,22-23,35H,3-15,18-21,24-31H2,1-2H3,(H,36,37)(H,38,39). The summed E-state index contributed by atoms with van der Waals surface area (Å²) in [6, 6.07) is 0. The van der Waals surface area contributed by atoms with Gasteiger partial charge in [-0.3, -0.25) is 9.59 Å². The van der Waals surface area contributed by atoms with Crippen molar-refractivity contribution in [2.45, 2.75) is 173 Å². The minimum Gasteiger partial charge on any atom is -0.481 e. The third-order valence-corrected chi connectivity index (χ3v) is 7.66. The van der Waals surface area contributed by atoms with Crippen LogP contribution in [-0.2, 0) is 9.59 Å². The number of nitrogens with one attached hydrogen (secondary N) is 1. The van der Waals surface area contributed by atoms with Crippen LogP contribution in [-0.4, -0.2) is 34.2 Å². The smallest absolute Gasteiger partial charge is 0.303 e. The number of rotatable bonds is 30. The molecule has 0 aromatic carbocycles. The van der Waals surface area contributed by atoms with Gasteiger partial charge in [0.1, 0.15) is 0 Å². The molecular formula is C34H63NO4. The van der Waals surface area contributed by atoms with Crippen molar-refractivity contribution in [3.8, 4) is 0 Å². The molecule has 0 aromatic rings. The molecule has 0 spiro atoms. The molecule has 0 rings (SSSR count). The fourth-order valence-corrected chi connectivity index (χ4v) is 5.13. The van der Waals surface area contributed by atoms with E-state index in [0.717, 1.165) is 96.4 Å². The molecule has 0 aliphatic rings. The number of carboxylic acids is 2. The van der Waals surface area contributed by atoms with E-state index in [2.05, 4.69) is 43.5 Å². The average molecular weight is 550 g/mol. The number of hydrogen-bond donors (Lipinski definition) is 3. The first-order valence-electron chi connectivity index (χ1n) is 16.4. The molecule has 0 aliphatic carbocycles. The largest absolute Gasteiger partial charge is 0.481 e. The van der Waals surface area contributed by atoms with Crippen LogP contribution in [0.4, 0.5) is 0 Å². The monoisotopic (exact) mass is 549 g/mol. The van der Waals surface area contributed by atoms with E-state index in [9.17, 15) is 9.59 Å².